The van der Waals surface area contributed by atoms with Crippen molar-refractivity contribution < 1.29 is 23.8 Å². The maximum absolute atomic E-state index is 13.6. The number of likely N-dealkylation sites (N-methyl/N-ethyl adjacent to an activating group) is 1. The number of nitrogens with zero attached hydrogens (tertiary/aromatic N) is 1. The van der Waals surface area contributed by atoms with Crippen LogP contribution in [0.2, 0.25) is 0 Å². The molecule has 0 unspecified atom stereocenters. The van der Waals surface area contributed by atoms with E-state index in [1.54, 1.807) is 45.5 Å². The van der Waals surface area contributed by atoms with Crippen LogP contribution in [0.1, 0.15) is 55.6 Å². The van der Waals surface area contributed by atoms with E-state index in [4.69, 9.17) is 14.2 Å². The van der Waals surface area contributed by atoms with Crippen LogP contribution >= 0.6 is 0 Å². The molecule has 7 heteroatoms. The van der Waals surface area contributed by atoms with Crippen molar-refractivity contribution in [2.24, 2.45) is 5.92 Å². The Kier molecular flexibility index (Phi) is 8.79. The number of hydrogen-bond donors (Lipinski definition) is 1. The molecule has 2 amide bonds. The summed E-state index contributed by atoms with van der Waals surface area (Å²) in [5.74, 6) is 1.22. The number of ether oxygens (including phenoxy) is 3. The maximum Gasteiger partial charge on any atom is 0.258 e. The molecule has 0 fully saturated rings. The zero-order chi connectivity index (χ0) is 25.5. The summed E-state index contributed by atoms with van der Waals surface area (Å²) in [5, 5.41) is 3.18. The van der Waals surface area contributed by atoms with Gasteiger partial charge in [-0.1, -0.05) is 38.1 Å². The molecule has 1 N–H and O–H groups in total. The van der Waals surface area contributed by atoms with Crippen molar-refractivity contribution in [2.45, 2.75) is 51.8 Å². The summed E-state index contributed by atoms with van der Waals surface area (Å²) in [6.45, 7) is 5.85. The second-order valence-corrected chi connectivity index (χ2v) is 9.14. The molecule has 1 aliphatic rings. The fourth-order valence-corrected chi connectivity index (χ4v) is 4.40. The Hall–Kier alpha value is -3.48. The van der Waals surface area contributed by atoms with Gasteiger partial charge in [-0.2, -0.15) is 0 Å². The van der Waals surface area contributed by atoms with Gasteiger partial charge < -0.3 is 24.4 Å². The molecule has 3 atom stereocenters. The molecule has 0 bridgehead atoms. The molecule has 2 aromatic rings. The predicted molar refractivity (Wildman–Crippen MR) is 136 cm³/mol. The number of nitrogens with one attached hydrogen (secondary N) is 1. The van der Waals surface area contributed by atoms with E-state index in [0.29, 0.717) is 35.7 Å². The number of benzene rings is 2. The van der Waals surface area contributed by atoms with Crippen molar-refractivity contribution >= 4 is 11.8 Å². The highest BCUT2D eigenvalue weighted by Crippen LogP contribution is 2.32. The van der Waals surface area contributed by atoms with Crippen LogP contribution in [0.25, 0.3) is 0 Å². The Balaban J connectivity index is 2.04. The summed E-state index contributed by atoms with van der Waals surface area (Å²) < 4.78 is 17.1. The summed E-state index contributed by atoms with van der Waals surface area (Å²) >= 11 is 0. The maximum atomic E-state index is 13.6. The zero-order valence-electron chi connectivity index (χ0n) is 21.4. The average Bonchev–Trinajstić information content (AvgIpc) is 2.84. The normalized spacial score (nSPS) is 22.5. The number of hydrogen-bond acceptors (Lipinski definition) is 5. The lowest BCUT2D eigenvalue weighted by Crippen LogP contribution is -2.51. The average molecular weight is 481 g/mol. The third kappa shape index (κ3) is 6.15. The second-order valence-electron chi connectivity index (χ2n) is 9.14. The largest absolute Gasteiger partial charge is 0.497 e. The molecule has 7 nitrogen and oxygen atoms in total. The lowest BCUT2D eigenvalue weighted by Gasteiger charge is -2.32. The van der Waals surface area contributed by atoms with Crippen LogP contribution in [-0.4, -0.2) is 50.1 Å². The van der Waals surface area contributed by atoms with Gasteiger partial charge in [0, 0.05) is 25.1 Å². The molecule has 188 valence electrons. The molecule has 0 saturated heterocycles. The smallest absolute Gasteiger partial charge is 0.258 e. The molecule has 0 saturated carbocycles. The van der Waals surface area contributed by atoms with Gasteiger partial charge in [0.1, 0.15) is 23.3 Å². The number of fused-ring (bicyclic) bond motifs is 1. The monoisotopic (exact) mass is 480 g/mol. The Morgan fingerprint density at radius 2 is 1.74 bits per heavy atom. The van der Waals surface area contributed by atoms with Crippen LogP contribution in [0.15, 0.2) is 54.6 Å². The van der Waals surface area contributed by atoms with Crippen molar-refractivity contribution in [2.75, 3.05) is 21.3 Å². The molecule has 0 spiro atoms. The summed E-state index contributed by atoms with van der Waals surface area (Å²) in [6, 6.07) is 11.7. The SMILES string of the molecule is COc1ccc([C@H]2C/C=C\C[C@H](C)Oc3ccccc3C(=O)N(C)[C@H](C(C)C)C(=O)N2)c(OC)c1. The lowest BCUT2D eigenvalue weighted by atomic mass is 9.97. The first-order valence-electron chi connectivity index (χ1n) is 12.0. The van der Waals surface area contributed by atoms with Crippen molar-refractivity contribution in [3.63, 3.8) is 0 Å². The quantitative estimate of drug-likeness (QED) is 0.638. The Bertz CT molecular complexity index is 1070. The highest BCUT2D eigenvalue weighted by atomic mass is 16.5. The summed E-state index contributed by atoms with van der Waals surface area (Å²) in [4.78, 5) is 28.7. The van der Waals surface area contributed by atoms with Crippen LogP contribution in [-0.2, 0) is 4.79 Å². The first-order valence-corrected chi connectivity index (χ1v) is 12.0. The predicted octanol–water partition coefficient (Wildman–Crippen LogP) is 4.78. The third-order valence-electron chi connectivity index (χ3n) is 6.22. The Morgan fingerprint density at radius 1 is 1.03 bits per heavy atom. The second kappa shape index (κ2) is 11.8. The van der Waals surface area contributed by atoms with Gasteiger partial charge in [0.05, 0.1) is 31.9 Å². The van der Waals surface area contributed by atoms with Crippen molar-refractivity contribution in [3.05, 3.63) is 65.7 Å². The fraction of sp³-hybridized carbons (Fsp3) is 0.429. The van der Waals surface area contributed by atoms with Crippen LogP contribution in [0.5, 0.6) is 17.2 Å². The minimum absolute atomic E-state index is 0.113. The molecule has 35 heavy (non-hydrogen) atoms. The lowest BCUT2D eigenvalue weighted by molar-refractivity contribution is -0.127. The molecule has 3 rings (SSSR count). The Morgan fingerprint density at radius 3 is 2.43 bits per heavy atom. The zero-order valence-corrected chi connectivity index (χ0v) is 21.4. The molecule has 0 aliphatic carbocycles. The molecule has 1 heterocycles. The third-order valence-corrected chi connectivity index (χ3v) is 6.22. The standard InChI is InChI=1S/C28H36N2O5/c1-18(2)26-27(31)29-23(21-16-15-20(33-5)17-25(21)34-6)13-9-7-11-19(3)35-24-14-10-8-12-22(24)28(32)30(26)4/h7-10,12,14-19,23,26H,11,13H2,1-6H3,(H,29,31)/b9-7-/t19-,23+,26+/m0/s1. The van der Waals surface area contributed by atoms with Crippen molar-refractivity contribution in [3.8, 4) is 17.2 Å². The van der Waals surface area contributed by atoms with E-state index in [2.05, 4.69) is 5.32 Å². The number of amides is 2. The van der Waals surface area contributed by atoms with Crippen LogP contribution in [0, 0.1) is 5.92 Å². The molecule has 2 aromatic carbocycles. The van der Waals surface area contributed by atoms with Gasteiger partial charge in [0.25, 0.3) is 5.91 Å². The van der Waals surface area contributed by atoms with Gasteiger partial charge in [-0.3, -0.25) is 9.59 Å². The number of carbonyl (C=O) groups is 2. The van der Waals surface area contributed by atoms with Gasteiger partial charge in [0.15, 0.2) is 0 Å². The van der Waals surface area contributed by atoms with Gasteiger partial charge >= 0.3 is 0 Å². The van der Waals surface area contributed by atoms with Gasteiger partial charge in [-0.15, -0.1) is 0 Å². The van der Waals surface area contributed by atoms with E-state index in [1.165, 1.54) is 4.90 Å². The molecule has 1 aliphatic heterocycles. The minimum Gasteiger partial charge on any atom is -0.497 e. The van der Waals surface area contributed by atoms with E-state index >= 15 is 0 Å². The number of methoxy groups -OCH3 is 2. The summed E-state index contributed by atoms with van der Waals surface area (Å²) in [7, 11) is 4.86. The summed E-state index contributed by atoms with van der Waals surface area (Å²) in [6.07, 6.45) is 5.18. The first-order chi connectivity index (χ1) is 16.8. The van der Waals surface area contributed by atoms with Gasteiger partial charge in [0.2, 0.25) is 5.91 Å². The number of rotatable bonds is 4. The van der Waals surface area contributed by atoms with Crippen molar-refractivity contribution in [1.82, 2.24) is 10.2 Å². The number of para-hydroxylation sites is 1. The van der Waals surface area contributed by atoms with Crippen molar-refractivity contribution in [1.29, 1.82) is 0 Å². The highest BCUT2D eigenvalue weighted by Gasteiger charge is 2.33. The number of carbonyl (C=O) groups excluding carboxylic acids is 2. The van der Waals surface area contributed by atoms with Gasteiger partial charge in [-0.05, 0) is 43.5 Å². The van der Waals surface area contributed by atoms with Gasteiger partial charge in [-0.25, -0.2) is 0 Å². The van der Waals surface area contributed by atoms with Crippen LogP contribution < -0.4 is 19.5 Å². The molecular formula is C28H36N2O5. The fourth-order valence-electron chi connectivity index (χ4n) is 4.40. The van der Waals surface area contributed by atoms with E-state index in [9.17, 15) is 9.59 Å². The van der Waals surface area contributed by atoms with E-state index in [-0.39, 0.29) is 29.9 Å². The molecule has 0 aromatic heterocycles. The summed E-state index contributed by atoms with van der Waals surface area (Å²) in [5.41, 5.74) is 1.28. The topological polar surface area (TPSA) is 77.1 Å². The van der Waals surface area contributed by atoms with Crippen LogP contribution in [0.4, 0.5) is 0 Å². The highest BCUT2D eigenvalue weighted by molar-refractivity contribution is 5.99. The van der Waals surface area contributed by atoms with E-state index in [1.807, 2.05) is 51.1 Å². The minimum atomic E-state index is -0.674. The van der Waals surface area contributed by atoms with E-state index < -0.39 is 6.04 Å². The Labute approximate surface area is 208 Å². The molecular weight excluding hydrogens is 444 g/mol. The molecule has 0 radical (unpaired) electrons. The van der Waals surface area contributed by atoms with Crippen LogP contribution in [0.3, 0.4) is 0 Å². The first kappa shape index (κ1) is 26.1. The van der Waals surface area contributed by atoms with E-state index in [0.717, 1.165) is 5.56 Å².